The molecular formula is C18H34O9Si2. The fourth-order valence-electron chi connectivity index (χ4n) is 2.68. The standard InChI is InChI=1S/C18H34O9Si2/c1-7-28(8-2,13-24-16(20)11-15(5)19)27-29(9-3,10-4)14-25-17(21)12-18(22)26-23-6/h7-14H2,1-6H3. The van der Waals surface area contributed by atoms with Gasteiger partial charge in [-0.15, -0.1) is 0 Å². The van der Waals surface area contributed by atoms with Crippen molar-refractivity contribution in [2.75, 3.05) is 19.6 Å². The predicted molar refractivity (Wildman–Crippen MR) is 109 cm³/mol. The number of hydrogen-bond acceptors (Lipinski definition) is 9. The highest BCUT2D eigenvalue weighted by atomic mass is 28.4. The first kappa shape index (κ1) is 27.4. The van der Waals surface area contributed by atoms with Gasteiger partial charge in [0.15, 0.2) is 0 Å². The second-order valence-corrected chi connectivity index (χ2v) is 15.8. The Bertz CT molecular complexity index is 558. The zero-order valence-electron chi connectivity index (χ0n) is 18.3. The molecule has 0 aliphatic rings. The van der Waals surface area contributed by atoms with Gasteiger partial charge in [0.1, 0.15) is 31.1 Å². The molecule has 0 unspecified atom stereocenters. The molecule has 0 aliphatic heterocycles. The molecule has 0 aliphatic carbocycles. The minimum Gasteiger partial charge on any atom is -0.466 e. The zero-order chi connectivity index (χ0) is 22.5. The van der Waals surface area contributed by atoms with E-state index in [1.807, 2.05) is 27.7 Å². The van der Waals surface area contributed by atoms with Gasteiger partial charge in [-0.3, -0.25) is 19.3 Å². The molecule has 168 valence electrons. The molecule has 0 saturated carbocycles. The van der Waals surface area contributed by atoms with Crippen LogP contribution in [0.25, 0.3) is 0 Å². The lowest BCUT2D eigenvalue weighted by Crippen LogP contribution is -2.56. The third-order valence-corrected chi connectivity index (χ3v) is 14.8. The van der Waals surface area contributed by atoms with Crippen LogP contribution in [0.5, 0.6) is 0 Å². The number of Topliss-reactive ketones (excluding diaryl/α,β-unsaturated/α-hetero) is 1. The predicted octanol–water partition coefficient (Wildman–Crippen LogP) is 2.61. The van der Waals surface area contributed by atoms with Gasteiger partial charge in [0, 0.05) is 0 Å². The number of rotatable bonds is 15. The van der Waals surface area contributed by atoms with Crippen LogP contribution in [0, 0.1) is 0 Å². The molecule has 0 aromatic rings. The molecule has 0 bridgehead atoms. The average molecular weight is 451 g/mol. The SMILES string of the molecule is CC[Si](CC)(COC(=O)CC(C)=O)O[Si](CC)(CC)COC(=O)CC(=O)OOC. The second-order valence-electron chi connectivity index (χ2n) is 6.88. The molecule has 0 N–H and O–H groups in total. The van der Waals surface area contributed by atoms with Crippen LogP contribution in [-0.2, 0) is 42.5 Å². The molecule has 0 rings (SSSR count). The van der Waals surface area contributed by atoms with Crippen LogP contribution < -0.4 is 0 Å². The van der Waals surface area contributed by atoms with Gasteiger partial charge in [-0.05, 0) is 31.1 Å². The summed E-state index contributed by atoms with van der Waals surface area (Å²) in [5.41, 5.74) is 0. The maximum absolute atomic E-state index is 11.9. The average Bonchev–Trinajstić information content (AvgIpc) is 2.68. The summed E-state index contributed by atoms with van der Waals surface area (Å²) in [7, 11) is -3.75. The molecule has 0 amide bonds. The summed E-state index contributed by atoms with van der Waals surface area (Å²) < 4.78 is 17.4. The maximum Gasteiger partial charge on any atom is 0.353 e. The van der Waals surface area contributed by atoms with Gasteiger partial charge in [-0.2, -0.15) is 4.89 Å². The number of hydrogen-bond donors (Lipinski definition) is 0. The first-order chi connectivity index (χ1) is 13.6. The van der Waals surface area contributed by atoms with Crippen molar-refractivity contribution in [3.05, 3.63) is 0 Å². The first-order valence-corrected chi connectivity index (χ1v) is 14.9. The fraction of sp³-hybridized carbons (Fsp3) is 0.778. The number of ketones is 1. The Balaban J connectivity index is 5.14. The highest BCUT2D eigenvalue weighted by Crippen LogP contribution is 2.28. The number of carbonyl (C=O) groups excluding carboxylic acids is 4. The third kappa shape index (κ3) is 10.1. The quantitative estimate of drug-likeness (QED) is 0.122. The molecule has 0 radical (unpaired) electrons. The molecule has 0 spiro atoms. The van der Waals surface area contributed by atoms with Crippen LogP contribution in [0.4, 0.5) is 0 Å². The Morgan fingerprint density at radius 1 is 0.690 bits per heavy atom. The van der Waals surface area contributed by atoms with E-state index in [0.717, 1.165) is 12.1 Å². The lowest BCUT2D eigenvalue weighted by atomic mass is 10.3. The van der Waals surface area contributed by atoms with Crippen molar-refractivity contribution in [2.24, 2.45) is 0 Å². The Morgan fingerprint density at radius 3 is 1.45 bits per heavy atom. The van der Waals surface area contributed by atoms with E-state index in [4.69, 9.17) is 13.6 Å². The van der Waals surface area contributed by atoms with Gasteiger partial charge in [0.05, 0.1) is 7.11 Å². The Hall–Kier alpha value is -1.57. The summed E-state index contributed by atoms with van der Waals surface area (Å²) in [5, 5.41) is 0. The normalized spacial score (nSPS) is 11.7. The minimum atomic E-state index is -2.48. The Labute approximate surface area is 174 Å². The molecule has 0 atom stereocenters. The molecule has 29 heavy (non-hydrogen) atoms. The summed E-state index contributed by atoms with van der Waals surface area (Å²) in [6.45, 7) is 9.28. The Morgan fingerprint density at radius 2 is 1.10 bits per heavy atom. The van der Waals surface area contributed by atoms with Crippen molar-refractivity contribution in [2.45, 2.75) is 71.6 Å². The highest BCUT2D eigenvalue weighted by Gasteiger charge is 2.44. The highest BCUT2D eigenvalue weighted by molar-refractivity contribution is 6.87. The van der Waals surface area contributed by atoms with Crippen LogP contribution >= 0.6 is 0 Å². The molecule has 11 heteroatoms. The van der Waals surface area contributed by atoms with E-state index in [2.05, 4.69) is 9.78 Å². The number of carbonyl (C=O) groups is 4. The van der Waals surface area contributed by atoms with Crippen molar-refractivity contribution >= 4 is 40.3 Å². The summed E-state index contributed by atoms with van der Waals surface area (Å²) in [4.78, 5) is 54.7. The van der Waals surface area contributed by atoms with Crippen molar-refractivity contribution < 1.29 is 42.5 Å². The van der Waals surface area contributed by atoms with Crippen molar-refractivity contribution in [3.8, 4) is 0 Å². The van der Waals surface area contributed by atoms with E-state index >= 15 is 0 Å². The van der Waals surface area contributed by atoms with Gasteiger partial charge in [-0.1, -0.05) is 27.7 Å². The van der Waals surface area contributed by atoms with E-state index in [-0.39, 0.29) is 24.7 Å². The van der Waals surface area contributed by atoms with E-state index < -0.39 is 41.0 Å². The van der Waals surface area contributed by atoms with Gasteiger partial charge < -0.3 is 13.6 Å². The fourth-order valence-corrected chi connectivity index (χ4v) is 11.8. The van der Waals surface area contributed by atoms with Crippen molar-refractivity contribution in [3.63, 3.8) is 0 Å². The topological polar surface area (TPSA) is 114 Å². The van der Waals surface area contributed by atoms with Crippen molar-refractivity contribution in [1.29, 1.82) is 0 Å². The van der Waals surface area contributed by atoms with Crippen LogP contribution in [0.3, 0.4) is 0 Å². The summed E-state index contributed by atoms with van der Waals surface area (Å²) in [6.07, 6.45) is -0.528. The van der Waals surface area contributed by atoms with Crippen LogP contribution in [0.1, 0.15) is 47.5 Å². The van der Waals surface area contributed by atoms with Gasteiger partial charge in [0.25, 0.3) is 0 Å². The van der Waals surface area contributed by atoms with Crippen LogP contribution in [0.2, 0.25) is 24.2 Å². The van der Waals surface area contributed by atoms with Crippen LogP contribution in [0.15, 0.2) is 0 Å². The third-order valence-electron chi connectivity index (χ3n) is 4.86. The van der Waals surface area contributed by atoms with Crippen molar-refractivity contribution in [1.82, 2.24) is 0 Å². The van der Waals surface area contributed by atoms with E-state index in [1.165, 1.54) is 14.0 Å². The smallest absolute Gasteiger partial charge is 0.353 e. The monoisotopic (exact) mass is 450 g/mol. The van der Waals surface area contributed by atoms with E-state index in [0.29, 0.717) is 12.1 Å². The minimum absolute atomic E-state index is 0.106. The molecule has 0 fully saturated rings. The lowest BCUT2D eigenvalue weighted by molar-refractivity contribution is -0.255. The molecule has 9 nitrogen and oxygen atoms in total. The summed E-state index contributed by atoms with van der Waals surface area (Å²) >= 11 is 0. The Kier molecular flexibility index (Phi) is 12.9. The van der Waals surface area contributed by atoms with E-state index in [9.17, 15) is 19.2 Å². The second kappa shape index (κ2) is 13.6. The number of ether oxygens (including phenoxy) is 2. The molecule has 0 saturated heterocycles. The van der Waals surface area contributed by atoms with Crippen LogP contribution in [-0.4, -0.2) is 59.9 Å². The largest absolute Gasteiger partial charge is 0.466 e. The first-order valence-electron chi connectivity index (χ1n) is 9.85. The number of esters is 2. The summed E-state index contributed by atoms with van der Waals surface area (Å²) in [5.74, 6) is -2.34. The molecule has 0 aromatic carbocycles. The molecule has 0 heterocycles. The zero-order valence-corrected chi connectivity index (χ0v) is 20.3. The molecule has 0 aromatic heterocycles. The lowest BCUT2D eigenvalue weighted by Gasteiger charge is -2.40. The maximum atomic E-state index is 11.9. The van der Waals surface area contributed by atoms with Gasteiger partial charge >= 0.3 is 17.9 Å². The van der Waals surface area contributed by atoms with Gasteiger partial charge in [0.2, 0.25) is 16.6 Å². The van der Waals surface area contributed by atoms with E-state index in [1.54, 1.807) is 0 Å². The van der Waals surface area contributed by atoms with Gasteiger partial charge in [-0.25, -0.2) is 4.79 Å². The molecular weight excluding hydrogens is 416 g/mol. The summed E-state index contributed by atoms with van der Waals surface area (Å²) in [6, 6.07) is 2.85.